The van der Waals surface area contributed by atoms with Crippen molar-refractivity contribution in [2.75, 3.05) is 6.54 Å². The Morgan fingerprint density at radius 3 is 1.91 bits per heavy atom. The molecule has 2 atom stereocenters. The van der Waals surface area contributed by atoms with Crippen LogP contribution in [-0.2, 0) is 5.54 Å². The molecule has 22 heavy (non-hydrogen) atoms. The zero-order chi connectivity index (χ0) is 15.2. The molecular weight excluding hydrogens is 268 g/mol. The van der Waals surface area contributed by atoms with Crippen molar-refractivity contribution in [3.05, 3.63) is 70.8 Å². The van der Waals surface area contributed by atoms with Crippen LogP contribution in [0.15, 0.2) is 58.5 Å². The molecule has 2 nitrogen and oxygen atoms in total. The van der Waals surface area contributed by atoms with Gasteiger partial charge in [0.1, 0.15) is 5.54 Å². The smallest absolute Gasteiger partial charge is 0.119 e. The van der Waals surface area contributed by atoms with Gasteiger partial charge in [0.25, 0.3) is 0 Å². The lowest BCUT2D eigenvalue weighted by atomic mass is 9.72. The van der Waals surface area contributed by atoms with Gasteiger partial charge in [0, 0.05) is 30.8 Å². The summed E-state index contributed by atoms with van der Waals surface area (Å²) in [6.07, 6.45) is 4.24. The van der Waals surface area contributed by atoms with E-state index in [1.54, 1.807) is 0 Å². The normalized spacial score (nSPS) is 24.6. The summed E-state index contributed by atoms with van der Waals surface area (Å²) in [5, 5.41) is 0. The van der Waals surface area contributed by atoms with Crippen molar-refractivity contribution < 1.29 is 0 Å². The SMILES string of the molecule is Cc1ccc(C2(c3ccc(C)cc3)N=CC3CN=CC32)cc1. The molecular formula is C20H20N2. The Hall–Kier alpha value is -2.22. The van der Waals surface area contributed by atoms with E-state index in [2.05, 4.69) is 79.8 Å². The van der Waals surface area contributed by atoms with Gasteiger partial charge >= 0.3 is 0 Å². The molecule has 0 fully saturated rings. The van der Waals surface area contributed by atoms with E-state index in [-0.39, 0.29) is 5.54 Å². The average Bonchev–Trinajstić information content (AvgIpc) is 3.12. The van der Waals surface area contributed by atoms with Crippen LogP contribution in [0.25, 0.3) is 0 Å². The molecule has 0 radical (unpaired) electrons. The van der Waals surface area contributed by atoms with E-state index in [1.807, 2.05) is 0 Å². The third kappa shape index (κ3) is 1.87. The minimum Gasteiger partial charge on any atom is -0.296 e. The lowest BCUT2D eigenvalue weighted by Crippen LogP contribution is -2.34. The summed E-state index contributed by atoms with van der Waals surface area (Å²) in [5.41, 5.74) is 4.77. The second-order valence-corrected chi connectivity index (χ2v) is 6.48. The molecule has 0 aliphatic carbocycles. The molecule has 0 saturated heterocycles. The van der Waals surface area contributed by atoms with E-state index in [9.17, 15) is 0 Å². The number of aliphatic imine (C=N–C) groups is 2. The largest absolute Gasteiger partial charge is 0.296 e. The van der Waals surface area contributed by atoms with E-state index in [1.165, 1.54) is 22.3 Å². The fraction of sp³-hybridized carbons (Fsp3) is 0.300. The molecule has 0 saturated carbocycles. The van der Waals surface area contributed by atoms with Gasteiger partial charge in [-0.2, -0.15) is 0 Å². The fourth-order valence-electron chi connectivity index (χ4n) is 3.69. The zero-order valence-corrected chi connectivity index (χ0v) is 13.0. The summed E-state index contributed by atoms with van der Waals surface area (Å²) >= 11 is 0. The highest BCUT2D eigenvalue weighted by Gasteiger charge is 2.49. The zero-order valence-electron chi connectivity index (χ0n) is 13.0. The van der Waals surface area contributed by atoms with Gasteiger partial charge in [-0.15, -0.1) is 0 Å². The second kappa shape index (κ2) is 4.91. The highest BCUT2D eigenvalue weighted by Crippen LogP contribution is 2.48. The maximum atomic E-state index is 5.04. The number of fused-ring (bicyclic) bond motifs is 1. The van der Waals surface area contributed by atoms with Crippen LogP contribution in [-0.4, -0.2) is 19.0 Å². The van der Waals surface area contributed by atoms with E-state index in [4.69, 9.17) is 4.99 Å². The van der Waals surface area contributed by atoms with E-state index in [0.717, 1.165) is 6.54 Å². The molecule has 2 aromatic rings. The van der Waals surface area contributed by atoms with Gasteiger partial charge in [0.2, 0.25) is 0 Å². The quantitative estimate of drug-likeness (QED) is 0.799. The van der Waals surface area contributed by atoms with Crippen LogP contribution in [0.4, 0.5) is 0 Å². The van der Waals surface area contributed by atoms with Crippen LogP contribution in [0.3, 0.4) is 0 Å². The van der Waals surface area contributed by atoms with Crippen LogP contribution in [0.1, 0.15) is 22.3 Å². The topological polar surface area (TPSA) is 24.7 Å². The van der Waals surface area contributed by atoms with Gasteiger partial charge in [-0.1, -0.05) is 59.7 Å². The van der Waals surface area contributed by atoms with Gasteiger partial charge in [-0.05, 0) is 25.0 Å². The van der Waals surface area contributed by atoms with Crippen molar-refractivity contribution in [1.29, 1.82) is 0 Å². The van der Waals surface area contributed by atoms with Gasteiger partial charge in [-0.3, -0.25) is 9.98 Å². The number of benzene rings is 2. The van der Waals surface area contributed by atoms with Crippen LogP contribution in [0.5, 0.6) is 0 Å². The molecule has 0 aromatic heterocycles. The van der Waals surface area contributed by atoms with E-state index < -0.39 is 0 Å². The third-order valence-corrected chi connectivity index (χ3v) is 4.98. The minimum atomic E-state index is -0.313. The molecule has 0 amide bonds. The highest BCUT2D eigenvalue weighted by molar-refractivity contribution is 5.82. The van der Waals surface area contributed by atoms with Crippen molar-refractivity contribution >= 4 is 12.4 Å². The van der Waals surface area contributed by atoms with Crippen LogP contribution in [0, 0.1) is 25.7 Å². The first-order valence-electron chi connectivity index (χ1n) is 7.90. The van der Waals surface area contributed by atoms with Crippen molar-refractivity contribution in [3.8, 4) is 0 Å². The van der Waals surface area contributed by atoms with Gasteiger partial charge in [-0.25, -0.2) is 0 Å². The van der Waals surface area contributed by atoms with Gasteiger partial charge in [0.15, 0.2) is 0 Å². The lowest BCUT2D eigenvalue weighted by molar-refractivity contribution is 0.423. The number of rotatable bonds is 2. The van der Waals surface area contributed by atoms with E-state index in [0.29, 0.717) is 11.8 Å². The fourth-order valence-corrected chi connectivity index (χ4v) is 3.69. The Labute approximate surface area is 131 Å². The Kier molecular flexibility index (Phi) is 3.00. The van der Waals surface area contributed by atoms with Crippen LogP contribution >= 0.6 is 0 Å². The number of nitrogens with zero attached hydrogens (tertiary/aromatic N) is 2. The molecule has 0 N–H and O–H groups in total. The van der Waals surface area contributed by atoms with Gasteiger partial charge < -0.3 is 0 Å². The third-order valence-electron chi connectivity index (χ3n) is 4.98. The van der Waals surface area contributed by atoms with Crippen molar-refractivity contribution in [2.45, 2.75) is 19.4 Å². The summed E-state index contributed by atoms with van der Waals surface area (Å²) in [6, 6.07) is 17.6. The molecule has 2 heterocycles. The molecule has 0 bridgehead atoms. The summed E-state index contributed by atoms with van der Waals surface area (Å²) < 4.78 is 0. The Bertz CT molecular complexity index is 693. The molecule has 0 spiro atoms. The summed E-state index contributed by atoms with van der Waals surface area (Å²) in [7, 11) is 0. The van der Waals surface area contributed by atoms with Crippen LogP contribution < -0.4 is 0 Å². The molecule has 2 aromatic carbocycles. The second-order valence-electron chi connectivity index (χ2n) is 6.48. The predicted molar refractivity (Wildman–Crippen MR) is 92.0 cm³/mol. The monoisotopic (exact) mass is 288 g/mol. The van der Waals surface area contributed by atoms with E-state index >= 15 is 0 Å². The van der Waals surface area contributed by atoms with Crippen molar-refractivity contribution in [3.63, 3.8) is 0 Å². The molecule has 2 unspecified atom stereocenters. The summed E-state index contributed by atoms with van der Waals surface area (Å²) in [4.78, 5) is 9.57. The molecule has 2 heteroatoms. The number of hydrogen-bond donors (Lipinski definition) is 0. The number of hydrogen-bond acceptors (Lipinski definition) is 2. The Morgan fingerprint density at radius 1 is 0.818 bits per heavy atom. The first kappa shape index (κ1) is 13.4. The Balaban J connectivity index is 1.92. The highest BCUT2D eigenvalue weighted by atomic mass is 15.0. The maximum absolute atomic E-state index is 5.04. The van der Waals surface area contributed by atoms with Crippen molar-refractivity contribution in [1.82, 2.24) is 0 Å². The van der Waals surface area contributed by atoms with Gasteiger partial charge in [0.05, 0.1) is 0 Å². The first-order chi connectivity index (χ1) is 10.7. The molecule has 2 aliphatic rings. The molecule has 4 rings (SSSR count). The molecule has 2 aliphatic heterocycles. The standard InChI is InChI=1S/C20H20N2/c1-14-3-7-17(8-4-14)20(18-9-5-15(2)6-10-18)19-13-21-11-16(19)12-22-20/h3-10,12-13,16,19H,11H2,1-2H3. The van der Waals surface area contributed by atoms with Crippen molar-refractivity contribution in [2.24, 2.45) is 21.8 Å². The Morgan fingerprint density at radius 2 is 1.36 bits per heavy atom. The van der Waals surface area contributed by atoms with Crippen LogP contribution in [0.2, 0.25) is 0 Å². The average molecular weight is 288 g/mol. The minimum absolute atomic E-state index is 0.313. The first-order valence-corrected chi connectivity index (χ1v) is 7.90. The maximum Gasteiger partial charge on any atom is 0.119 e. The number of aryl methyl sites for hydroxylation is 2. The summed E-state index contributed by atoms with van der Waals surface area (Å²) in [6.45, 7) is 5.12. The summed E-state index contributed by atoms with van der Waals surface area (Å²) in [5.74, 6) is 0.764. The lowest BCUT2D eigenvalue weighted by Gasteiger charge is -2.33. The predicted octanol–water partition coefficient (Wildman–Crippen LogP) is 3.95. The molecule has 110 valence electrons.